The van der Waals surface area contributed by atoms with Crippen LogP contribution in [0.2, 0.25) is 0 Å². The first-order valence-corrected chi connectivity index (χ1v) is 6.78. The van der Waals surface area contributed by atoms with Crippen LogP contribution in [0, 0.1) is 5.82 Å². The van der Waals surface area contributed by atoms with E-state index in [0.29, 0.717) is 11.1 Å². The molecule has 19 heavy (non-hydrogen) atoms. The van der Waals surface area contributed by atoms with Crippen molar-refractivity contribution in [3.63, 3.8) is 0 Å². The van der Waals surface area contributed by atoms with E-state index in [1.54, 1.807) is 12.1 Å². The Labute approximate surface area is 120 Å². The summed E-state index contributed by atoms with van der Waals surface area (Å²) < 4.78 is 19.2. The summed E-state index contributed by atoms with van der Waals surface area (Å²) in [5, 5.41) is 0. The van der Waals surface area contributed by atoms with Crippen molar-refractivity contribution in [2.75, 3.05) is 0 Å². The minimum absolute atomic E-state index is 0.0245. The lowest BCUT2D eigenvalue weighted by Crippen LogP contribution is -2.05. The van der Waals surface area contributed by atoms with Gasteiger partial charge in [-0.25, -0.2) is 4.39 Å². The van der Waals surface area contributed by atoms with E-state index in [1.807, 2.05) is 31.2 Å². The van der Waals surface area contributed by atoms with Crippen molar-refractivity contribution < 1.29 is 9.13 Å². The molecule has 2 aromatic rings. The molecule has 0 saturated carbocycles. The van der Waals surface area contributed by atoms with Crippen LogP contribution in [-0.2, 0) is 6.61 Å². The van der Waals surface area contributed by atoms with Crippen LogP contribution in [0.1, 0.15) is 24.1 Å². The summed E-state index contributed by atoms with van der Waals surface area (Å²) in [7, 11) is 0. The molecular weight excluding hydrogens is 309 g/mol. The Morgan fingerprint density at radius 1 is 1.26 bits per heavy atom. The molecule has 0 saturated heterocycles. The average Bonchev–Trinajstić information content (AvgIpc) is 2.40. The zero-order chi connectivity index (χ0) is 13.8. The van der Waals surface area contributed by atoms with Crippen LogP contribution in [0.25, 0.3) is 0 Å². The van der Waals surface area contributed by atoms with Crippen LogP contribution in [0.5, 0.6) is 5.75 Å². The highest BCUT2D eigenvalue weighted by molar-refractivity contribution is 9.10. The van der Waals surface area contributed by atoms with E-state index in [0.717, 1.165) is 16.9 Å². The van der Waals surface area contributed by atoms with Gasteiger partial charge in [0, 0.05) is 6.04 Å². The topological polar surface area (TPSA) is 35.2 Å². The molecule has 0 bridgehead atoms. The number of hydrogen-bond acceptors (Lipinski definition) is 2. The quantitative estimate of drug-likeness (QED) is 0.915. The lowest BCUT2D eigenvalue weighted by atomic mass is 10.1. The second-order valence-corrected chi connectivity index (χ2v) is 5.25. The predicted molar refractivity (Wildman–Crippen MR) is 77.5 cm³/mol. The van der Waals surface area contributed by atoms with Gasteiger partial charge in [-0.15, -0.1) is 0 Å². The van der Waals surface area contributed by atoms with Crippen LogP contribution >= 0.6 is 15.9 Å². The van der Waals surface area contributed by atoms with E-state index in [4.69, 9.17) is 10.5 Å². The Bertz CT molecular complexity index is 572. The molecule has 0 radical (unpaired) electrons. The fourth-order valence-corrected chi connectivity index (χ4v) is 2.11. The Balaban J connectivity index is 2.05. The lowest BCUT2D eigenvalue weighted by molar-refractivity contribution is 0.305. The first-order valence-electron chi connectivity index (χ1n) is 5.98. The minimum Gasteiger partial charge on any atom is -0.489 e. The Kier molecular flexibility index (Phi) is 4.56. The molecule has 0 aromatic heterocycles. The summed E-state index contributed by atoms with van der Waals surface area (Å²) in [6, 6.07) is 12.5. The highest BCUT2D eigenvalue weighted by Gasteiger charge is 2.03. The van der Waals surface area contributed by atoms with E-state index in [2.05, 4.69) is 15.9 Å². The first-order chi connectivity index (χ1) is 9.06. The van der Waals surface area contributed by atoms with Gasteiger partial charge in [-0.2, -0.15) is 0 Å². The van der Waals surface area contributed by atoms with E-state index in [1.165, 1.54) is 6.07 Å². The van der Waals surface area contributed by atoms with Gasteiger partial charge in [0.2, 0.25) is 0 Å². The van der Waals surface area contributed by atoms with Gasteiger partial charge in [0.25, 0.3) is 0 Å². The number of nitrogens with two attached hydrogens (primary N) is 1. The van der Waals surface area contributed by atoms with Crippen LogP contribution in [-0.4, -0.2) is 0 Å². The van der Waals surface area contributed by atoms with Crippen molar-refractivity contribution >= 4 is 15.9 Å². The zero-order valence-corrected chi connectivity index (χ0v) is 12.2. The van der Waals surface area contributed by atoms with Crippen LogP contribution in [0.4, 0.5) is 4.39 Å². The summed E-state index contributed by atoms with van der Waals surface area (Å²) in [5.41, 5.74) is 7.75. The first kappa shape index (κ1) is 14.0. The van der Waals surface area contributed by atoms with Gasteiger partial charge in [0.1, 0.15) is 18.2 Å². The molecule has 4 heteroatoms. The van der Waals surface area contributed by atoms with E-state index < -0.39 is 0 Å². The number of benzene rings is 2. The van der Waals surface area contributed by atoms with Crippen molar-refractivity contribution in [3.05, 3.63) is 63.9 Å². The molecule has 1 unspecified atom stereocenters. The Morgan fingerprint density at radius 2 is 2.05 bits per heavy atom. The number of ether oxygens (including phenoxy) is 1. The minimum atomic E-state index is -0.275. The van der Waals surface area contributed by atoms with Gasteiger partial charge in [0.05, 0.1) is 4.47 Å². The largest absolute Gasteiger partial charge is 0.489 e. The maximum Gasteiger partial charge on any atom is 0.137 e. The molecule has 1 atom stereocenters. The van der Waals surface area contributed by atoms with Gasteiger partial charge < -0.3 is 10.5 Å². The van der Waals surface area contributed by atoms with Gasteiger partial charge >= 0.3 is 0 Å². The number of halogens is 2. The molecule has 0 amide bonds. The SMILES string of the molecule is CC(N)c1cccc(OCc2ccc(F)c(Br)c2)c1. The van der Waals surface area contributed by atoms with Crippen molar-refractivity contribution in [2.24, 2.45) is 5.73 Å². The number of rotatable bonds is 4. The molecular formula is C15H15BrFNO. The van der Waals surface area contributed by atoms with E-state index in [9.17, 15) is 4.39 Å². The van der Waals surface area contributed by atoms with Crippen molar-refractivity contribution in [1.29, 1.82) is 0 Å². The van der Waals surface area contributed by atoms with Crippen molar-refractivity contribution in [2.45, 2.75) is 19.6 Å². The van der Waals surface area contributed by atoms with E-state index >= 15 is 0 Å². The van der Waals surface area contributed by atoms with Gasteiger partial charge in [-0.3, -0.25) is 0 Å². The second kappa shape index (κ2) is 6.17. The molecule has 0 aliphatic heterocycles. The molecule has 2 nitrogen and oxygen atoms in total. The van der Waals surface area contributed by atoms with Crippen LogP contribution in [0.15, 0.2) is 46.9 Å². The average molecular weight is 324 g/mol. The molecule has 0 fully saturated rings. The predicted octanol–water partition coefficient (Wildman–Crippen LogP) is 4.19. The monoisotopic (exact) mass is 323 g/mol. The maximum absolute atomic E-state index is 13.1. The normalized spacial score (nSPS) is 12.2. The summed E-state index contributed by atoms with van der Waals surface area (Å²) in [6.07, 6.45) is 0. The summed E-state index contributed by atoms with van der Waals surface area (Å²) in [6.45, 7) is 2.32. The summed E-state index contributed by atoms with van der Waals surface area (Å²) in [4.78, 5) is 0. The van der Waals surface area contributed by atoms with Crippen molar-refractivity contribution in [3.8, 4) is 5.75 Å². The second-order valence-electron chi connectivity index (χ2n) is 4.40. The van der Waals surface area contributed by atoms with Crippen LogP contribution in [0.3, 0.4) is 0 Å². The lowest BCUT2D eigenvalue weighted by Gasteiger charge is -2.10. The third-order valence-corrected chi connectivity index (χ3v) is 3.38. The summed E-state index contributed by atoms with van der Waals surface area (Å²) in [5.74, 6) is 0.484. The molecule has 100 valence electrons. The third kappa shape index (κ3) is 3.78. The molecule has 0 aliphatic carbocycles. The fourth-order valence-electron chi connectivity index (χ4n) is 1.68. The zero-order valence-electron chi connectivity index (χ0n) is 10.6. The smallest absolute Gasteiger partial charge is 0.137 e. The summed E-state index contributed by atoms with van der Waals surface area (Å²) >= 11 is 3.16. The Hall–Kier alpha value is -1.39. The highest BCUT2D eigenvalue weighted by atomic mass is 79.9. The molecule has 2 aromatic carbocycles. The van der Waals surface area contributed by atoms with E-state index in [-0.39, 0.29) is 11.9 Å². The van der Waals surface area contributed by atoms with Gasteiger partial charge in [0.15, 0.2) is 0 Å². The molecule has 2 N–H and O–H groups in total. The third-order valence-electron chi connectivity index (χ3n) is 2.77. The Morgan fingerprint density at radius 3 is 2.74 bits per heavy atom. The van der Waals surface area contributed by atoms with Crippen molar-refractivity contribution in [1.82, 2.24) is 0 Å². The molecule has 0 aliphatic rings. The van der Waals surface area contributed by atoms with Gasteiger partial charge in [-0.05, 0) is 58.2 Å². The molecule has 0 heterocycles. The molecule has 0 spiro atoms. The highest BCUT2D eigenvalue weighted by Crippen LogP contribution is 2.21. The standard InChI is InChI=1S/C15H15BrFNO/c1-10(18)12-3-2-4-13(8-12)19-9-11-5-6-15(17)14(16)7-11/h2-8,10H,9,18H2,1H3. The number of hydrogen-bond donors (Lipinski definition) is 1. The molecule has 2 rings (SSSR count). The maximum atomic E-state index is 13.1. The van der Waals surface area contributed by atoms with Crippen LogP contribution < -0.4 is 10.5 Å². The van der Waals surface area contributed by atoms with Gasteiger partial charge in [-0.1, -0.05) is 18.2 Å². The fraction of sp³-hybridized carbons (Fsp3) is 0.200.